The molecule has 0 aliphatic carbocycles. The molecule has 92 valence electrons. The predicted molar refractivity (Wildman–Crippen MR) is 70.3 cm³/mol. The van der Waals surface area contributed by atoms with Crippen LogP contribution in [0.2, 0.25) is 5.02 Å². The minimum absolute atomic E-state index is 0.519. The number of rotatable bonds is 5. The van der Waals surface area contributed by atoms with Gasteiger partial charge in [0.2, 0.25) is 5.95 Å². The first-order chi connectivity index (χ1) is 8.24. The Kier molecular flexibility index (Phi) is 3.86. The summed E-state index contributed by atoms with van der Waals surface area (Å²) in [6.45, 7) is 1.61. The zero-order valence-corrected chi connectivity index (χ0v) is 10.6. The summed E-state index contributed by atoms with van der Waals surface area (Å²) in [5.74, 6) is 0.519. The number of imidazole rings is 1. The number of para-hydroxylation sites is 1. The van der Waals surface area contributed by atoms with Crippen molar-refractivity contribution in [1.29, 1.82) is 0 Å². The van der Waals surface area contributed by atoms with Crippen molar-refractivity contribution < 1.29 is 4.74 Å². The predicted octanol–water partition coefficient (Wildman–Crippen LogP) is 2.70. The molecule has 1 aromatic heterocycles. The van der Waals surface area contributed by atoms with Gasteiger partial charge in [0.05, 0.1) is 10.5 Å². The molecule has 1 aromatic carbocycles. The highest BCUT2D eigenvalue weighted by atomic mass is 35.5. The van der Waals surface area contributed by atoms with Gasteiger partial charge in [-0.25, -0.2) is 4.98 Å². The highest BCUT2D eigenvalue weighted by molar-refractivity contribution is 6.35. The Balaban J connectivity index is 2.21. The highest BCUT2D eigenvalue weighted by Gasteiger charge is 2.09. The molecule has 0 spiro atoms. The summed E-state index contributed by atoms with van der Waals surface area (Å²) >= 11 is 6.07. The molecule has 2 rings (SSSR count). The van der Waals surface area contributed by atoms with Crippen LogP contribution in [0.25, 0.3) is 11.0 Å². The van der Waals surface area contributed by atoms with Gasteiger partial charge in [0.1, 0.15) is 5.52 Å². The number of hydrogen-bond acceptors (Lipinski definition) is 3. The number of nitrogens with two attached hydrogens (primary N) is 1. The lowest BCUT2D eigenvalue weighted by atomic mass is 10.3. The number of nitrogen functional groups attached to an aromatic ring is 1. The average molecular weight is 254 g/mol. The van der Waals surface area contributed by atoms with Crippen molar-refractivity contribution in [1.82, 2.24) is 9.55 Å². The van der Waals surface area contributed by atoms with E-state index in [4.69, 9.17) is 22.1 Å². The van der Waals surface area contributed by atoms with Crippen molar-refractivity contribution >= 4 is 28.6 Å². The number of fused-ring (bicyclic) bond motifs is 1. The van der Waals surface area contributed by atoms with Crippen molar-refractivity contribution in [2.75, 3.05) is 19.5 Å². The van der Waals surface area contributed by atoms with E-state index in [2.05, 4.69) is 4.98 Å². The van der Waals surface area contributed by atoms with Crippen LogP contribution in [0.3, 0.4) is 0 Å². The van der Waals surface area contributed by atoms with E-state index in [1.165, 1.54) is 0 Å². The van der Waals surface area contributed by atoms with Crippen LogP contribution in [0, 0.1) is 0 Å². The van der Waals surface area contributed by atoms with Crippen LogP contribution in [0.5, 0.6) is 0 Å². The number of nitrogens with zero attached hydrogens (tertiary/aromatic N) is 2. The van der Waals surface area contributed by atoms with E-state index in [0.717, 1.165) is 37.0 Å². The number of aryl methyl sites for hydroxylation is 1. The van der Waals surface area contributed by atoms with Gasteiger partial charge < -0.3 is 15.0 Å². The highest BCUT2D eigenvalue weighted by Crippen LogP contribution is 2.25. The minimum Gasteiger partial charge on any atom is -0.385 e. The van der Waals surface area contributed by atoms with Gasteiger partial charge in [-0.1, -0.05) is 17.7 Å². The van der Waals surface area contributed by atoms with Crippen LogP contribution in [-0.4, -0.2) is 23.3 Å². The lowest BCUT2D eigenvalue weighted by molar-refractivity contribution is 0.191. The van der Waals surface area contributed by atoms with Crippen molar-refractivity contribution in [3.05, 3.63) is 23.2 Å². The second-order valence-corrected chi connectivity index (χ2v) is 4.34. The van der Waals surface area contributed by atoms with Crippen LogP contribution >= 0.6 is 11.6 Å². The van der Waals surface area contributed by atoms with Gasteiger partial charge in [-0.3, -0.25) is 0 Å². The average Bonchev–Trinajstić information content (AvgIpc) is 2.63. The fourth-order valence-corrected chi connectivity index (χ4v) is 2.09. The van der Waals surface area contributed by atoms with Crippen LogP contribution in [-0.2, 0) is 11.3 Å². The zero-order chi connectivity index (χ0) is 12.3. The van der Waals surface area contributed by atoms with E-state index in [-0.39, 0.29) is 0 Å². The SMILES string of the molecule is COCCCCn1c(N)nc2c(Cl)cccc21. The Morgan fingerprint density at radius 3 is 3.00 bits per heavy atom. The molecule has 0 aliphatic heterocycles. The summed E-state index contributed by atoms with van der Waals surface area (Å²) in [4.78, 5) is 4.29. The fraction of sp³-hybridized carbons (Fsp3) is 0.417. The number of hydrogen-bond donors (Lipinski definition) is 1. The molecule has 0 amide bonds. The second kappa shape index (κ2) is 5.38. The molecule has 0 bridgehead atoms. The maximum absolute atomic E-state index is 6.07. The molecule has 0 saturated carbocycles. The van der Waals surface area contributed by atoms with E-state index in [1.54, 1.807) is 7.11 Å². The molecule has 2 aromatic rings. The number of anilines is 1. The summed E-state index contributed by atoms with van der Waals surface area (Å²) in [7, 11) is 1.71. The van der Waals surface area contributed by atoms with Crippen molar-refractivity contribution in [3.8, 4) is 0 Å². The van der Waals surface area contributed by atoms with E-state index in [0.29, 0.717) is 11.0 Å². The monoisotopic (exact) mass is 253 g/mol. The van der Waals surface area contributed by atoms with Crippen molar-refractivity contribution in [2.45, 2.75) is 19.4 Å². The van der Waals surface area contributed by atoms with Gasteiger partial charge in [-0.15, -0.1) is 0 Å². The van der Waals surface area contributed by atoms with Crippen LogP contribution in [0.4, 0.5) is 5.95 Å². The fourth-order valence-electron chi connectivity index (χ4n) is 1.88. The van der Waals surface area contributed by atoms with Gasteiger partial charge in [-0.2, -0.15) is 0 Å². The number of aromatic nitrogens is 2. The molecule has 2 N–H and O–H groups in total. The van der Waals surface area contributed by atoms with Crippen LogP contribution < -0.4 is 5.73 Å². The largest absolute Gasteiger partial charge is 0.385 e. The second-order valence-electron chi connectivity index (χ2n) is 3.93. The van der Waals surface area contributed by atoms with Crippen molar-refractivity contribution in [2.24, 2.45) is 0 Å². The summed E-state index contributed by atoms with van der Waals surface area (Å²) in [6.07, 6.45) is 2.02. The maximum Gasteiger partial charge on any atom is 0.201 e. The quantitative estimate of drug-likeness (QED) is 0.834. The van der Waals surface area contributed by atoms with E-state index in [9.17, 15) is 0 Å². The Morgan fingerprint density at radius 1 is 1.41 bits per heavy atom. The van der Waals surface area contributed by atoms with E-state index >= 15 is 0 Å². The minimum atomic E-state index is 0.519. The topological polar surface area (TPSA) is 53.1 Å². The third-order valence-electron chi connectivity index (χ3n) is 2.74. The number of methoxy groups -OCH3 is 1. The maximum atomic E-state index is 6.07. The summed E-state index contributed by atoms with van der Waals surface area (Å²) < 4.78 is 7.02. The molecule has 17 heavy (non-hydrogen) atoms. The van der Waals surface area contributed by atoms with Gasteiger partial charge in [-0.05, 0) is 25.0 Å². The number of benzene rings is 1. The smallest absolute Gasteiger partial charge is 0.201 e. The number of halogens is 1. The molecule has 0 aliphatic rings. The first-order valence-corrected chi connectivity index (χ1v) is 6.01. The van der Waals surface area contributed by atoms with Gasteiger partial charge in [0.25, 0.3) is 0 Å². The molecule has 4 nitrogen and oxygen atoms in total. The van der Waals surface area contributed by atoms with Gasteiger partial charge in [0.15, 0.2) is 0 Å². The Hall–Kier alpha value is -1.26. The van der Waals surface area contributed by atoms with Crippen LogP contribution in [0.15, 0.2) is 18.2 Å². The third-order valence-corrected chi connectivity index (χ3v) is 3.04. The molecule has 5 heteroatoms. The van der Waals surface area contributed by atoms with Gasteiger partial charge in [0, 0.05) is 20.3 Å². The number of ether oxygens (including phenoxy) is 1. The summed E-state index contributed by atoms with van der Waals surface area (Å²) in [5.41, 5.74) is 7.67. The molecule has 1 heterocycles. The normalized spacial score (nSPS) is 11.2. The van der Waals surface area contributed by atoms with Gasteiger partial charge >= 0.3 is 0 Å². The molecule has 0 atom stereocenters. The molecule has 0 unspecified atom stereocenters. The van der Waals surface area contributed by atoms with E-state index in [1.807, 2.05) is 22.8 Å². The Bertz CT molecular complexity index is 510. The van der Waals surface area contributed by atoms with Crippen LogP contribution in [0.1, 0.15) is 12.8 Å². The third kappa shape index (κ3) is 2.53. The lowest BCUT2D eigenvalue weighted by Gasteiger charge is -2.06. The summed E-state index contributed by atoms with van der Waals surface area (Å²) in [5, 5.41) is 0.643. The number of unbranched alkanes of at least 4 members (excludes halogenated alkanes) is 1. The van der Waals surface area contributed by atoms with E-state index < -0.39 is 0 Å². The molecule has 0 saturated heterocycles. The Morgan fingerprint density at radius 2 is 2.24 bits per heavy atom. The Labute approximate surface area is 105 Å². The first kappa shape index (κ1) is 12.2. The molecular formula is C12H16ClN3O. The van der Waals surface area contributed by atoms with Crippen molar-refractivity contribution in [3.63, 3.8) is 0 Å². The molecule has 0 radical (unpaired) electrons. The lowest BCUT2D eigenvalue weighted by Crippen LogP contribution is -2.04. The first-order valence-electron chi connectivity index (χ1n) is 5.63. The molecular weight excluding hydrogens is 238 g/mol. The summed E-state index contributed by atoms with van der Waals surface area (Å²) in [6, 6.07) is 5.73. The standard InChI is InChI=1S/C12H16ClN3O/c1-17-8-3-2-7-16-10-6-4-5-9(13)11(10)15-12(16)14/h4-6H,2-3,7-8H2,1H3,(H2,14,15). The molecule has 0 fully saturated rings. The zero-order valence-electron chi connectivity index (χ0n) is 9.82.